The lowest BCUT2D eigenvalue weighted by atomic mass is 10.0. The highest BCUT2D eigenvalue weighted by molar-refractivity contribution is 6.15. The minimum absolute atomic E-state index is 0.211. The molecule has 0 radical (unpaired) electrons. The Bertz CT molecular complexity index is 512. The first-order valence-electron chi connectivity index (χ1n) is 5.03. The van der Waals surface area contributed by atoms with Gasteiger partial charge in [-0.15, -0.1) is 12.3 Å². The summed E-state index contributed by atoms with van der Waals surface area (Å²) in [5.74, 6) is -3.58. The van der Waals surface area contributed by atoms with E-state index in [-0.39, 0.29) is 5.75 Å². The summed E-state index contributed by atoms with van der Waals surface area (Å²) in [4.78, 5) is 21.2. The highest BCUT2D eigenvalue weighted by atomic mass is 16.4. The maximum absolute atomic E-state index is 11.4. The van der Waals surface area contributed by atoms with Crippen LogP contribution < -0.4 is 10.2 Å². The number of benzene rings is 1. The van der Waals surface area contributed by atoms with E-state index >= 15 is 0 Å². The zero-order chi connectivity index (χ0) is 13.7. The normalized spacial score (nSPS) is 11.0. The standard InChI is InChI=1S/C13H12O5/c1-2-3-9-6-8(4-5-11(9)14)7-10(12(15)16)13(17)18/h2,4-7,14H,1,3H2,(H,15,16)(H,17,18)/p-2. The van der Waals surface area contributed by atoms with Crippen LogP contribution in [0.2, 0.25) is 0 Å². The van der Waals surface area contributed by atoms with Crippen LogP contribution in [-0.2, 0) is 16.0 Å². The summed E-state index contributed by atoms with van der Waals surface area (Å²) >= 11 is 0. The molecule has 0 saturated heterocycles. The van der Waals surface area contributed by atoms with Gasteiger partial charge in [0, 0.05) is 0 Å². The predicted octanol–water partition coefficient (Wildman–Crippen LogP) is -0.293. The zero-order valence-corrected chi connectivity index (χ0v) is 9.38. The molecule has 18 heavy (non-hydrogen) atoms. The second-order valence-corrected chi connectivity index (χ2v) is 3.51. The van der Waals surface area contributed by atoms with Gasteiger partial charge in [0.15, 0.2) is 0 Å². The first-order valence-corrected chi connectivity index (χ1v) is 5.03. The van der Waals surface area contributed by atoms with Crippen molar-refractivity contribution in [3.63, 3.8) is 0 Å². The van der Waals surface area contributed by atoms with Gasteiger partial charge in [-0.05, 0) is 18.1 Å². The quantitative estimate of drug-likeness (QED) is 0.333. The first kappa shape index (κ1) is 13.5. The summed E-state index contributed by atoms with van der Waals surface area (Å²) in [5, 5.41) is 30.7. The molecule has 0 heterocycles. The van der Waals surface area contributed by atoms with Crippen molar-refractivity contribution in [2.24, 2.45) is 0 Å². The molecule has 5 heteroatoms. The van der Waals surface area contributed by atoms with Crippen LogP contribution >= 0.6 is 0 Å². The molecule has 5 nitrogen and oxygen atoms in total. The molecule has 0 atom stereocenters. The van der Waals surface area contributed by atoms with Gasteiger partial charge in [0.05, 0.1) is 11.5 Å². The molecule has 1 rings (SSSR count). The van der Waals surface area contributed by atoms with Crippen molar-refractivity contribution in [2.75, 3.05) is 0 Å². The second-order valence-electron chi connectivity index (χ2n) is 3.51. The Kier molecular flexibility index (Phi) is 4.26. The van der Waals surface area contributed by atoms with E-state index < -0.39 is 17.5 Å². The Morgan fingerprint density at radius 3 is 2.56 bits per heavy atom. The molecule has 0 saturated carbocycles. The van der Waals surface area contributed by atoms with Gasteiger partial charge in [0.25, 0.3) is 0 Å². The van der Waals surface area contributed by atoms with E-state index in [4.69, 9.17) is 5.11 Å². The van der Waals surface area contributed by atoms with E-state index in [0.29, 0.717) is 17.5 Å². The van der Waals surface area contributed by atoms with E-state index in [1.54, 1.807) is 0 Å². The Morgan fingerprint density at radius 2 is 2.06 bits per heavy atom. The summed E-state index contributed by atoms with van der Waals surface area (Å²) in [5.41, 5.74) is -0.131. The number of hydrogen-bond acceptors (Lipinski definition) is 4. The molecular weight excluding hydrogens is 236 g/mol. The number of rotatable bonds is 5. The molecular formula is C13H10O5-2. The van der Waals surface area contributed by atoms with Gasteiger partial charge in [0.2, 0.25) is 0 Å². The number of carbonyl (C=O) groups is 2. The topological polar surface area (TPSA) is 100 Å². The van der Waals surface area contributed by atoms with Crippen LogP contribution in [0.1, 0.15) is 11.1 Å². The molecule has 0 bridgehead atoms. The van der Waals surface area contributed by atoms with E-state index in [2.05, 4.69) is 6.58 Å². The lowest BCUT2D eigenvalue weighted by Gasteiger charge is -2.13. The van der Waals surface area contributed by atoms with Crippen LogP contribution in [0.4, 0.5) is 0 Å². The monoisotopic (exact) mass is 246 g/mol. The highest BCUT2D eigenvalue weighted by Gasteiger charge is 2.08. The van der Waals surface area contributed by atoms with Gasteiger partial charge >= 0.3 is 5.97 Å². The molecule has 0 aliphatic heterocycles. The number of hydrogen-bond donors (Lipinski definition) is 1. The maximum atomic E-state index is 11.4. The maximum Gasteiger partial charge on any atom is 0.337 e. The van der Waals surface area contributed by atoms with Gasteiger partial charge in [-0.1, -0.05) is 29.8 Å². The summed E-state index contributed by atoms with van der Waals surface area (Å²) in [6, 6.07) is 4.02. The number of aliphatic carboxylic acids is 2. The van der Waals surface area contributed by atoms with Crippen LogP contribution in [0.3, 0.4) is 0 Å². The third kappa shape index (κ3) is 3.21. The Balaban J connectivity index is 3.21. The van der Waals surface area contributed by atoms with Crippen molar-refractivity contribution in [2.45, 2.75) is 6.42 Å². The van der Waals surface area contributed by atoms with Crippen molar-refractivity contribution in [1.29, 1.82) is 0 Å². The molecule has 94 valence electrons. The summed E-state index contributed by atoms with van der Waals surface area (Å²) in [7, 11) is 0. The number of allylic oxidation sites excluding steroid dienone is 1. The van der Waals surface area contributed by atoms with E-state index in [1.807, 2.05) is 0 Å². The van der Waals surface area contributed by atoms with E-state index in [9.17, 15) is 19.8 Å². The number of carboxylic acids is 2. The third-order valence-electron chi connectivity index (χ3n) is 2.21. The summed E-state index contributed by atoms with van der Waals surface area (Å²) < 4.78 is 0. The summed E-state index contributed by atoms with van der Waals surface area (Å²) in [6.07, 6.45) is 2.80. The molecule has 0 fully saturated rings. The van der Waals surface area contributed by atoms with Gasteiger partial charge in [-0.2, -0.15) is 0 Å². The molecule has 0 aliphatic rings. The van der Waals surface area contributed by atoms with Crippen LogP contribution in [0, 0.1) is 0 Å². The average Bonchev–Trinajstić information content (AvgIpc) is 2.29. The van der Waals surface area contributed by atoms with E-state index in [1.165, 1.54) is 24.3 Å². The molecule has 0 spiro atoms. The van der Waals surface area contributed by atoms with Gasteiger partial charge in [-0.25, -0.2) is 4.79 Å². The smallest absolute Gasteiger partial charge is 0.337 e. The number of carboxylic acid groups (broad SMARTS) is 2. The average molecular weight is 246 g/mol. The molecule has 0 unspecified atom stereocenters. The second kappa shape index (κ2) is 5.67. The van der Waals surface area contributed by atoms with Gasteiger partial charge in [0.1, 0.15) is 0 Å². The fourth-order valence-corrected chi connectivity index (χ4v) is 1.38. The van der Waals surface area contributed by atoms with Crippen LogP contribution in [0.5, 0.6) is 5.75 Å². The van der Waals surface area contributed by atoms with Crippen LogP contribution in [0.25, 0.3) is 6.08 Å². The van der Waals surface area contributed by atoms with Gasteiger partial charge < -0.3 is 20.1 Å². The first-order chi connectivity index (χ1) is 8.45. The highest BCUT2D eigenvalue weighted by Crippen LogP contribution is 2.18. The molecule has 0 aromatic heterocycles. The summed E-state index contributed by atoms with van der Waals surface area (Å²) in [6.45, 7) is 3.49. The molecule has 1 aromatic carbocycles. The van der Waals surface area contributed by atoms with Crippen molar-refractivity contribution in [3.8, 4) is 5.75 Å². The van der Waals surface area contributed by atoms with E-state index in [0.717, 1.165) is 6.08 Å². The third-order valence-corrected chi connectivity index (χ3v) is 2.21. The van der Waals surface area contributed by atoms with Crippen molar-refractivity contribution in [3.05, 3.63) is 47.6 Å². The van der Waals surface area contributed by atoms with Crippen molar-refractivity contribution >= 4 is 18.0 Å². The predicted molar refractivity (Wildman–Crippen MR) is 60.4 cm³/mol. The largest absolute Gasteiger partial charge is 0.872 e. The minimum atomic E-state index is -1.78. The fourth-order valence-electron chi connectivity index (χ4n) is 1.38. The minimum Gasteiger partial charge on any atom is -0.872 e. The number of carbonyl (C=O) groups excluding carboxylic acids is 1. The Hall–Kier alpha value is -2.56. The van der Waals surface area contributed by atoms with Crippen LogP contribution in [-0.4, -0.2) is 17.0 Å². The fraction of sp³-hybridized carbons (Fsp3) is 0.0769. The Morgan fingerprint density at radius 1 is 1.39 bits per heavy atom. The lowest BCUT2D eigenvalue weighted by molar-refractivity contribution is -0.298. The molecule has 1 N–H and O–H groups in total. The van der Waals surface area contributed by atoms with Crippen molar-refractivity contribution in [1.82, 2.24) is 0 Å². The molecule has 0 aliphatic carbocycles. The van der Waals surface area contributed by atoms with Gasteiger partial charge in [-0.3, -0.25) is 0 Å². The van der Waals surface area contributed by atoms with Crippen molar-refractivity contribution < 1.29 is 24.9 Å². The molecule has 1 aromatic rings. The lowest BCUT2D eigenvalue weighted by Crippen LogP contribution is -2.28. The molecule has 0 amide bonds. The van der Waals surface area contributed by atoms with Crippen LogP contribution in [0.15, 0.2) is 36.4 Å². The zero-order valence-electron chi connectivity index (χ0n) is 9.38. The SMILES string of the molecule is C=CCc1cc(/C=C(\C(=O)[O-])C(=O)O)ccc1[O-]. The Labute approximate surface area is 103 Å².